The van der Waals surface area contributed by atoms with E-state index in [1.165, 1.54) is 13.3 Å². The average Bonchev–Trinajstić information content (AvgIpc) is 2.26. The minimum Gasteiger partial charge on any atom is -0.291 e. The second-order valence-electron chi connectivity index (χ2n) is 3.75. The molecular weight excluding hydrogens is 321 g/mol. The zero-order valence-electron chi connectivity index (χ0n) is 10.2. The van der Waals surface area contributed by atoms with Gasteiger partial charge in [-0.15, -0.1) is 0 Å². The third-order valence-corrected chi connectivity index (χ3v) is 2.43. The van der Waals surface area contributed by atoms with Crippen molar-refractivity contribution in [1.82, 2.24) is 5.01 Å². The minimum atomic E-state index is -4.24. The van der Waals surface area contributed by atoms with Gasteiger partial charge in [0.1, 0.15) is 6.54 Å². The summed E-state index contributed by atoms with van der Waals surface area (Å²) in [6, 6.07) is 7.46. The molecule has 1 rings (SSSR count). The maximum absolute atomic E-state index is 12.0. The molecule has 0 spiro atoms. The van der Waals surface area contributed by atoms with Crippen molar-refractivity contribution in [3.8, 4) is 11.8 Å². The Kier molecular flexibility index (Phi) is 5.90. The molecule has 0 aliphatic heterocycles. The first-order valence-electron chi connectivity index (χ1n) is 5.41. The van der Waals surface area contributed by atoms with Crippen LogP contribution in [0.4, 0.5) is 13.2 Å². The van der Waals surface area contributed by atoms with Crippen molar-refractivity contribution < 1.29 is 13.2 Å². The van der Waals surface area contributed by atoms with Crippen molar-refractivity contribution in [3.63, 3.8) is 0 Å². The molecular formula is C13H12BrF3N2. The third-order valence-electron chi connectivity index (χ3n) is 1.94. The molecule has 0 unspecified atom stereocenters. The summed E-state index contributed by atoms with van der Waals surface area (Å²) in [5.74, 6) is 5.71. The van der Waals surface area contributed by atoms with Crippen LogP contribution >= 0.6 is 15.9 Å². The van der Waals surface area contributed by atoms with Crippen molar-refractivity contribution in [1.29, 1.82) is 0 Å². The Morgan fingerprint density at radius 1 is 1.42 bits per heavy atom. The number of rotatable bonds is 3. The van der Waals surface area contributed by atoms with Gasteiger partial charge in [-0.3, -0.25) is 5.01 Å². The summed E-state index contributed by atoms with van der Waals surface area (Å²) in [5.41, 5.74) is 0.839. The van der Waals surface area contributed by atoms with E-state index < -0.39 is 12.7 Å². The number of hydrogen-bond donors (Lipinski definition) is 0. The van der Waals surface area contributed by atoms with Crippen molar-refractivity contribution in [3.05, 3.63) is 34.3 Å². The van der Waals surface area contributed by atoms with Crippen molar-refractivity contribution >= 4 is 22.1 Å². The lowest BCUT2D eigenvalue weighted by atomic mass is 10.2. The first-order valence-corrected chi connectivity index (χ1v) is 6.21. The average molecular weight is 333 g/mol. The molecule has 19 heavy (non-hydrogen) atoms. The molecule has 102 valence electrons. The molecule has 0 saturated carbocycles. The molecule has 6 heteroatoms. The highest BCUT2D eigenvalue weighted by Gasteiger charge is 2.28. The van der Waals surface area contributed by atoms with E-state index in [4.69, 9.17) is 0 Å². The largest absolute Gasteiger partial charge is 0.407 e. The van der Waals surface area contributed by atoms with Gasteiger partial charge in [0.15, 0.2) is 0 Å². The molecule has 0 saturated heterocycles. The summed E-state index contributed by atoms with van der Waals surface area (Å²) in [6.07, 6.45) is -2.58. The van der Waals surface area contributed by atoms with Crippen LogP contribution < -0.4 is 0 Å². The van der Waals surface area contributed by atoms with Crippen LogP contribution in [-0.4, -0.2) is 31.0 Å². The van der Waals surface area contributed by atoms with E-state index in [1.54, 1.807) is 0 Å². The van der Waals surface area contributed by atoms with Crippen LogP contribution in [0, 0.1) is 11.8 Å². The Balaban J connectivity index is 2.42. The van der Waals surface area contributed by atoms with E-state index >= 15 is 0 Å². The summed E-state index contributed by atoms with van der Waals surface area (Å²) in [6.45, 7) is -1.07. The zero-order chi connectivity index (χ0) is 14.3. The van der Waals surface area contributed by atoms with Gasteiger partial charge < -0.3 is 0 Å². The fourth-order valence-corrected chi connectivity index (χ4v) is 1.64. The van der Waals surface area contributed by atoms with E-state index in [1.807, 2.05) is 24.3 Å². The Bertz CT molecular complexity index is 501. The lowest BCUT2D eigenvalue weighted by Crippen LogP contribution is -2.27. The zero-order valence-corrected chi connectivity index (χ0v) is 11.8. The van der Waals surface area contributed by atoms with E-state index in [-0.39, 0.29) is 0 Å². The molecule has 0 fully saturated rings. The monoisotopic (exact) mass is 332 g/mol. The quantitative estimate of drug-likeness (QED) is 0.468. The Hall–Kier alpha value is -1.48. The lowest BCUT2D eigenvalue weighted by molar-refractivity contribution is -0.142. The van der Waals surface area contributed by atoms with Gasteiger partial charge in [0.05, 0.1) is 0 Å². The van der Waals surface area contributed by atoms with E-state index in [9.17, 15) is 13.2 Å². The number of alkyl halides is 3. The topological polar surface area (TPSA) is 15.6 Å². The van der Waals surface area contributed by atoms with Crippen LogP contribution in [0.1, 0.15) is 12.0 Å². The van der Waals surface area contributed by atoms with Crippen molar-refractivity contribution in [2.24, 2.45) is 5.10 Å². The molecule has 0 aliphatic carbocycles. The molecule has 0 atom stereocenters. The van der Waals surface area contributed by atoms with E-state index in [0.29, 0.717) is 6.42 Å². The lowest BCUT2D eigenvalue weighted by Gasteiger charge is -2.14. The fraction of sp³-hybridized carbons (Fsp3) is 0.308. The van der Waals surface area contributed by atoms with Gasteiger partial charge in [0.25, 0.3) is 0 Å². The van der Waals surface area contributed by atoms with Crippen molar-refractivity contribution in [2.45, 2.75) is 12.6 Å². The number of nitrogens with zero attached hydrogens (tertiary/aromatic N) is 2. The SMILES string of the molecule is CN(CC(F)(F)F)/N=C\CC#Cc1cccc(Br)c1. The van der Waals surface area contributed by atoms with Gasteiger partial charge in [-0.25, -0.2) is 0 Å². The number of hydrazone groups is 1. The molecule has 0 N–H and O–H groups in total. The predicted octanol–water partition coefficient (Wildman–Crippen LogP) is 3.67. The summed E-state index contributed by atoms with van der Waals surface area (Å²) >= 11 is 3.32. The van der Waals surface area contributed by atoms with Crippen molar-refractivity contribution in [2.75, 3.05) is 13.6 Å². The second-order valence-corrected chi connectivity index (χ2v) is 4.66. The Labute approximate surface area is 118 Å². The normalized spacial score (nSPS) is 11.2. The molecule has 2 nitrogen and oxygen atoms in total. The summed E-state index contributed by atoms with van der Waals surface area (Å²) in [4.78, 5) is 0. The summed E-state index contributed by atoms with van der Waals surface area (Å²) < 4.78 is 36.9. The number of hydrogen-bond acceptors (Lipinski definition) is 2. The van der Waals surface area contributed by atoms with E-state index in [0.717, 1.165) is 15.0 Å². The van der Waals surface area contributed by atoms with Crippen LogP contribution in [0.5, 0.6) is 0 Å². The van der Waals surface area contributed by atoms with Crippen LogP contribution in [0.2, 0.25) is 0 Å². The van der Waals surface area contributed by atoms with Gasteiger partial charge in [-0.1, -0.05) is 33.8 Å². The fourth-order valence-electron chi connectivity index (χ4n) is 1.25. The highest BCUT2D eigenvalue weighted by molar-refractivity contribution is 9.10. The smallest absolute Gasteiger partial charge is 0.291 e. The van der Waals surface area contributed by atoms with Crippen LogP contribution in [0.3, 0.4) is 0 Å². The van der Waals surface area contributed by atoms with Gasteiger partial charge in [0.2, 0.25) is 0 Å². The van der Waals surface area contributed by atoms with Gasteiger partial charge in [-0.05, 0) is 18.2 Å². The molecule has 0 heterocycles. The summed E-state index contributed by atoms with van der Waals surface area (Å²) in [7, 11) is 1.27. The highest BCUT2D eigenvalue weighted by atomic mass is 79.9. The molecule has 0 bridgehead atoms. The predicted molar refractivity (Wildman–Crippen MR) is 72.8 cm³/mol. The molecule has 0 aromatic heterocycles. The second kappa shape index (κ2) is 7.19. The minimum absolute atomic E-state index is 0.300. The molecule has 0 radical (unpaired) electrons. The maximum Gasteiger partial charge on any atom is 0.407 e. The Morgan fingerprint density at radius 3 is 2.79 bits per heavy atom. The molecule has 1 aromatic carbocycles. The van der Waals surface area contributed by atoms with Crippen LogP contribution in [0.15, 0.2) is 33.8 Å². The molecule has 1 aromatic rings. The number of halogens is 4. The van der Waals surface area contributed by atoms with E-state index in [2.05, 4.69) is 32.9 Å². The first kappa shape index (κ1) is 15.6. The van der Waals surface area contributed by atoms with Crippen LogP contribution in [0.25, 0.3) is 0 Å². The van der Waals surface area contributed by atoms with Gasteiger partial charge in [0, 0.05) is 29.7 Å². The highest BCUT2D eigenvalue weighted by Crippen LogP contribution is 2.15. The molecule has 0 amide bonds. The third kappa shape index (κ3) is 7.52. The molecule has 0 aliphatic rings. The summed E-state index contributed by atoms with van der Waals surface area (Å²) in [5, 5.41) is 4.47. The number of benzene rings is 1. The van der Waals surface area contributed by atoms with Gasteiger partial charge in [-0.2, -0.15) is 18.3 Å². The maximum atomic E-state index is 12.0. The first-order chi connectivity index (χ1) is 8.87. The standard InChI is InChI=1S/C13H12BrF3N2/c1-19(10-13(15,16)17)18-8-3-2-5-11-6-4-7-12(14)9-11/h4,6-9H,3,10H2,1H3/b18-8-. The van der Waals surface area contributed by atoms with Crippen LogP contribution in [-0.2, 0) is 0 Å². The van der Waals surface area contributed by atoms with Gasteiger partial charge >= 0.3 is 6.18 Å². The Morgan fingerprint density at radius 2 is 2.16 bits per heavy atom.